The van der Waals surface area contributed by atoms with Crippen molar-refractivity contribution < 1.29 is 4.79 Å². The van der Waals surface area contributed by atoms with E-state index in [-0.39, 0.29) is 17.5 Å². The van der Waals surface area contributed by atoms with Gasteiger partial charge in [0, 0.05) is 20.1 Å². The molecule has 0 spiro atoms. The van der Waals surface area contributed by atoms with Gasteiger partial charge in [-0.2, -0.15) is 0 Å². The highest BCUT2D eigenvalue weighted by atomic mass is 35.5. The van der Waals surface area contributed by atoms with Gasteiger partial charge in [0.2, 0.25) is 0 Å². The predicted molar refractivity (Wildman–Crippen MR) is 121 cm³/mol. The molecule has 30 heavy (non-hydrogen) atoms. The average molecular weight is 427 g/mol. The molecular formula is C23H27ClN4O2. The molecule has 1 heterocycles. The number of nitrogens with zero attached hydrogens (tertiary/aromatic N) is 4. The lowest BCUT2D eigenvalue weighted by Gasteiger charge is -2.33. The summed E-state index contributed by atoms with van der Waals surface area (Å²) in [5.41, 5.74) is 0.959. The summed E-state index contributed by atoms with van der Waals surface area (Å²) in [6.45, 7) is 3.15. The largest absolute Gasteiger partial charge is 0.327 e. The number of likely N-dealkylation sites (N-methyl/N-ethyl adjacent to an activating group) is 1. The van der Waals surface area contributed by atoms with Crippen LogP contribution in [-0.4, -0.2) is 52.4 Å². The summed E-state index contributed by atoms with van der Waals surface area (Å²) in [5, 5.41) is 0.975. The van der Waals surface area contributed by atoms with Crippen molar-refractivity contribution in [3.8, 4) is 0 Å². The maximum Gasteiger partial charge on any atom is 0.261 e. The van der Waals surface area contributed by atoms with E-state index in [1.54, 1.807) is 46.8 Å². The van der Waals surface area contributed by atoms with E-state index in [4.69, 9.17) is 16.6 Å². The van der Waals surface area contributed by atoms with Crippen LogP contribution in [-0.2, 0) is 7.05 Å². The fourth-order valence-electron chi connectivity index (χ4n) is 3.57. The van der Waals surface area contributed by atoms with Crippen LogP contribution in [0.1, 0.15) is 35.6 Å². The van der Waals surface area contributed by atoms with E-state index in [0.717, 1.165) is 0 Å². The lowest BCUT2D eigenvalue weighted by molar-refractivity contribution is 0.0643. The van der Waals surface area contributed by atoms with E-state index in [2.05, 4.69) is 0 Å². The molecule has 3 aromatic rings. The average Bonchev–Trinajstić information content (AvgIpc) is 2.74. The number of rotatable bonds is 7. The molecule has 0 fully saturated rings. The zero-order valence-electron chi connectivity index (χ0n) is 17.8. The molecule has 1 unspecified atom stereocenters. The van der Waals surface area contributed by atoms with E-state index >= 15 is 0 Å². The normalized spacial score (nSPS) is 12.3. The zero-order valence-corrected chi connectivity index (χ0v) is 18.6. The molecule has 6 nitrogen and oxygen atoms in total. The van der Waals surface area contributed by atoms with Crippen molar-refractivity contribution in [2.24, 2.45) is 7.05 Å². The highest BCUT2D eigenvalue weighted by Crippen LogP contribution is 2.27. The molecule has 7 heteroatoms. The van der Waals surface area contributed by atoms with Gasteiger partial charge in [-0.15, -0.1) is 0 Å². The molecular weight excluding hydrogens is 400 g/mol. The number of halogens is 1. The Hall–Kier alpha value is -2.70. The van der Waals surface area contributed by atoms with Crippen molar-refractivity contribution in [3.63, 3.8) is 0 Å². The third-order valence-electron chi connectivity index (χ3n) is 5.23. The number of carbonyl (C=O) groups is 1. The molecule has 0 N–H and O–H groups in total. The van der Waals surface area contributed by atoms with Gasteiger partial charge in [-0.25, -0.2) is 4.98 Å². The number of aromatic nitrogens is 2. The van der Waals surface area contributed by atoms with Gasteiger partial charge in [0.15, 0.2) is 0 Å². The minimum atomic E-state index is -0.365. The van der Waals surface area contributed by atoms with Gasteiger partial charge < -0.3 is 9.80 Å². The van der Waals surface area contributed by atoms with E-state index in [9.17, 15) is 9.59 Å². The summed E-state index contributed by atoms with van der Waals surface area (Å²) in [6.07, 6.45) is 0.613. The van der Waals surface area contributed by atoms with E-state index in [1.807, 2.05) is 44.1 Å². The second-order valence-electron chi connectivity index (χ2n) is 7.56. The molecule has 1 atom stereocenters. The van der Waals surface area contributed by atoms with Crippen LogP contribution in [0.4, 0.5) is 0 Å². The number of amides is 1. The maximum absolute atomic E-state index is 13.5. The van der Waals surface area contributed by atoms with E-state index in [1.165, 1.54) is 0 Å². The van der Waals surface area contributed by atoms with Gasteiger partial charge in [-0.05, 0) is 44.8 Å². The molecule has 0 aliphatic heterocycles. The monoisotopic (exact) mass is 426 g/mol. The minimum Gasteiger partial charge on any atom is -0.327 e. The summed E-state index contributed by atoms with van der Waals surface area (Å²) in [7, 11) is 5.64. The van der Waals surface area contributed by atoms with E-state index < -0.39 is 0 Å². The molecule has 0 aliphatic rings. The first kappa shape index (κ1) is 22.0. The second kappa shape index (κ2) is 9.41. The third kappa shape index (κ3) is 4.40. The van der Waals surface area contributed by atoms with E-state index in [0.29, 0.717) is 46.8 Å². The highest BCUT2D eigenvalue weighted by Gasteiger charge is 2.29. The standard InChI is InChI=1S/C23H27ClN4O2/c1-5-20(21-25-19-13-9-7-11-17(19)22(29)27(21)4)28(15-14-26(2)3)23(30)16-10-6-8-12-18(16)24/h6-13,20H,5,14-15H2,1-4H3. The number of hydrogen-bond donors (Lipinski definition) is 0. The van der Waals surface area contributed by atoms with Crippen LogP contribution < -0.4 is 5.56 Å². The molecule has 158 valence electrons. The maximum atomic E-state index is 13.5. The molecule has 0 saturated heterocycles. The van der Waals surface area contributed by atoms with Crippen molar-refractivity contribution in [2.75, 3.05) is 27.2 Å². The first-order valence-corrected chi connectivity index (χ1v) is 10.4. The quantitative estimate of drug-likeness (QED) is 0.577. The molecule has 2 aromatic carbocycles. The van der Waals surface area contributed by atoms with Crippen LogP contribution in [0.2, 0.25) is 5.02 Å². The Kier molecular flexibility index (Phi) is 6.90. The number of fused-ring (bicyclic) bond motifs is 1. The Labute approximate surface area is 181 Å². The molecule has 0 saturated carbocycles. The van der Waals surface area contributed by atoms with Crippen LogP contribution in [0.25, 0.3) is 10.9 Å². The van der Waals surface area contributed by atoms with Crippen LogP contribution in [0.15, 0.2) is 53.3 Å². The van der Waals surface area contributed by atoms with Crippen molar-refractivity contribution in [1.82, 2.24) is 19.4 Å². The van der Waals surface area contributed by atoms with Crippen LogP contribution >= 0.6 is 11.6 Å². The topological polar surface area (TPSA) is 58.4 Å². The number of carbonyl (C=O) groups excluding carboxylic acids is 1. The van der Waals surface area contributed by atoms with Gasteiger partial charge in [0.25, 0.3) is 11.5 Å². The summed E-state index contributed by atoms with van der Waals surface area (Å²) in [4.78, 5) is 35.0. The summed E-state index contributed by atoms with van der Waals surface area (Å²) < 4.78 is 1.55. The number of hydrogen-bond acceptors (Lipinski definition) is 4. The van der Waals surface area contributed by atoms with Gasteiger partial charge >= 0.3 is 0 Å². The third-order valence-corrected chi connectivity index (χ3v) is 5.56. The second-order valence-corrected chi connectivity index (χ2v) is 7.96. The molecule has 0 radical (unpaired) electrons. The molecule has 1 aromatic heterocycles. The fourth-order valence-corrected chi connectivity index (χ4v) is 3.79. The highest BCUT2D eigenvalue weighted by molar-refractivity contribution is 6.33. The van der Waals surface area contributed by atoms with Crippen LogP contribution in [0.5, 0.6) is 0 Å². The van der Waals surface area contributed by atoms with Crippen molar-refractivity contribution >= 4 is 28.4 Å². The molecule has 1 amide bonds. The van der Waals surface area contributed by atoms with Gasteiger partial charge in [-0.1, -0.05) is 42.8 Å². The lowest BCUT2D eigenvalue weighted by Crippen LogP contribution is -2.41. The van der Waals surface area contributed by atoms with Crippen LogP contribution in [0.3, 0.4) is 0 Å². The van der Waals surface area contributed by atoms with Crippen molar-refractivity contribution in [1.29, 1.82) is 0 Å². The summed E-state index contributed by atoms with van der Waals surface area (Å²) in [6, 6.07) is 14.0. The lowest BCUT2D eigenvalue weighted by atomic mass is 10.1. The van der Waals surface area contributed by atoms with Crippen molar-refractivity contribution in [2.45, 2.75) is 19.4 Å². The Morgan fingerprint density at radius 1 is 1.10 bits per heavy atom. The van der Waals surface area contributed by atoms with Gasteiger partial charge in [-0.3, -0.25) is 14.2 Å². The van der Waals surface area contributed by atoms with Crippen molar-refractivity contribution in [3.05, 3.63) is 75.3 Å². The molecule has 0 aliphatic carbocycles. The minimum absolute atomic E-state index is 0.119. The Morgan fingerprint density at radius 3 is 2.43 bits per heavy atom. The Balaban J connectivity index is 2.12. The number of benzene rings is 2. The predicted octanol–water partition coefficient (Wildman–Crippen LogP) is 3.74. The Bertz CT molecular complexity index is 1110. The van der Waals surface area contributed by atoms with Gasteiger partial charge in [0.1, 0.15) is 5.82 Å². The zero-order chi connectivity index (χ0) is 21.8. The smallest absolute Gasteiger partial charge is 0.261 e. The van der Waals surface area contributed by atoms with Crippen LogP contribution in [0, 0.1) is 0 Å². The van der Waals surface area contributed by atoms with Gasteiger partial charge in [0.05, 0.1) is 27.5 Å². The first-order chi connectivity index (χ1) is 14.3. The fraction of sp³-hybridized carbons (Fsp3) is 0.348. The summed E-state index contributed by atoms with van der Waals surface area (Å²) >= 11 is 6.33. The Morgan fingerprint density at radius 2 is 1.77 bits per heavy atom. The SMILES string of the molecule is CCC(c1nc2ccccc2c(=O)n1C)N(CCN(C)C)C(=O)c1ccccc1Cl. The first-order valence-electron chi connectivity index (χ1n) is 10.0. The summed E-state index contributed by atoms with van der Waals surface area (Å²) in [5.74, 6) is 0.400. The number of para-hydroxylation sites is 1. The molecule has 0 bridgehead atoms. The molecule has 3 rings (SSSR count).